The number of esters is 1. The molecule has 80 valence electrons. The van der Waals surface area contributed by atoms with Crippen LogP contribution in [0.25, 0.3) is 0 Å². The van der Waals surface area contributed by atoms with Gasteiger partial charge in [0.2, 0.25) is 0 Å². The zero-order valence-electron chi connectivity index (χ0n) is 7.06. The summed E-state index contributed by atoms with van der Waals surface area (Å²) in [6, 6.07) is 0.00443. The molecule has 0 aliphatic carbocycles. The lowest BCUT2D eigenvalue weighted by Gasteiger charge is -2.51. The lowest BCUT2D eigenvalue weighted by Crippen LogP contribution is -2.73. The van der Waals surface area contributed by atoms with Gasteiger partial charge in [0.1, 0.15) is 6.61 Å². The molecule has 1 N–H and O–H groups in total. The van der Waals surface area contributed by atoms with E-state index in [0.29, 0.717) is 13.0 Å². The van der Waals surface area contributed by atoms with Crippen LogP contribution in [0, 0.1) is 0 Å². The number of rotatable bonds is 1. The van der Waals surface area contributed by atoms with Crippen LogP contribution < -0.4 is 5.32 Å². The predicted octanol–water partition coefficient (Wildman–Crippen LogP) is 0.180. The first-order valence-electron chi connectivity index (χ1n) is 4.07. The van der Waals surface area contributed by atoms with Gasteiger partial charge in [0, 0.05) is 12.5 Å². The Morgan fingerprint density at radius 3 is 2.64 bits per heavy atom. The SMILES string of the molecule is O=C(O[C@@]12COC[C@H](C1)N2)C(F)(F)F. The molecule has 3 fully saturated rings. The summed E-state index contributed by atoms with van der Waals surface area (Å²) in [6.07, 6.45) is -4.56. The zero-order valence-corrected chi connectivity index (χ0v) is 7.06. The fraction of sp³-hybridized carbons (Fsp3) is 0.857. The minimum Gasteiger partial charge on any atom is -0.435 e. The first-order valence-corrected chi connectivity index (χ1v) is 4.07. The molecular weight excluding hydrogens is 203 g/mol. The second kappa shape index (κ2) is 2.83. The molecule has 4 nitrogen and oxygen atoms in total. The molecule has 0 aromatic rings. The molecule has 7 heteroatoms. The van der Waals surface area contributed by atoms with Crippen LogP contribution in [-0.2, 0) is 14.3 Å². The van der Waals surface area contributed by atoms with Crippen LogP contribution in [0.4, 0.5) is 13.2 Å². The maximum atomic E-state index is 11.8. The van der Waals surface area contributed by atoms with Crippen LogP contribution in [0.3, 0.4) is 0 Å². The van der Waals surface area contributed by atoms with Crippen LogP contribution in [0.15, 0.2) is 0 Å². The number of hydrogen-bond acceptors (Lipinski definition) is 4. The maximum Gasteiger partial charge on any atom is 0.490 e. The fourth-order valence-corrected chi connectivity index (χ4v) is 1.65. The van der Waals surface area contributed by atoms with E-state index in [9.17, 15) is 18.0 Å². The van der Waals surface area contributed by atoms with Gasteiger partial charge in [-0.25, -0.2) is 4.79 Å². The Labute approximate surface area is 77.4 Å². The van der Waals surface area contributed by atoms with Gasteiger partial charge in [-0.15, -0.1) is 0 Å². The van der Waals surface area contributed by atoms with Gasteiger partial charge in [0.25, 0.3) is 0 Å². The molecule has 0 saturated carbocycles. The average molecular weight is 211 g/mol. The minimum absolute atomic E-state index is 0.00443. The number of nitrogens with one attached hydrogen (secondary N) is 1. The molecule has 3 heterocycles. The Hall–Kier alpha value is -0.820. The van der Waals surface area contributed by atoms with Gasteiger partial charge in [-0.3, -0.25) is 5.32 Å². The monoisotopic (exact) mass is 211 g/mol. The maximum absolute atomic E-state index is 11.8. The van der Waals surface area contributed by atoms with E-state index < -0.39 is 17.9 Å². The third-order valence-electron chi connectivity index (χ3n) is 2.22. The summed E-state index contributed by atoms with van der Waals surface area (Å²) in [5, 5.41) is 2.73. The second-order valence-electron chi connectivity index (χ2n) is 3.44. The minimum atomic E-state index is -4.95. The summed E-state index contributed by atoms with van der Waals surface area (Å²) in [4.78, 5) is 10.5. The van der Waals surface area contributed by atoms with Crippen molar-refractivity contribution in [3.8, 4) is 0 Å². The molecular formula is C7H8F3NO3. The van der Waals surface area contributed by atoms with Crippen molar-refractivity contribution in [1.82, 2.24) is 5.32 Å². The molecule has 0 unspecified atom stereocenters. The highest BCUT2D eigenvalue weighted by atomic mass is 19.4. The standard InChI is InChI=1S/C7H8F3NO3/c8-7(9,10)5(12)14-6-1-4(11-6)2-13-3-6/h4,11H,1-3H2/t4-,6+/m0/s1. The zero-order chi connectivity index (χ0) is 10.4. The van der Waals surface area contributed by atoms with E-state index in [-0.39, 0.29) is 12.6 Å². The molecule has 3 rings (SSSR count). The topological polar surface area (TPSA) is 47.6 Å². The lowest BCUT2D eigenvalue weighted by atomic mass is 9.91. The smallest absolute Gasteiger partial charge is 0.435 e. The molecule has 2 bridgehead atoms. The van der Waals surface area contributed by atoms with Crippen molar-refractivity contribution in [3.05, 3.63) is 0 Å². The number of halogens is 3. The summed E-state index contributed by atoms with van der Waals surface area (Å²) in [7, 11) is 0. The number of carbonyl (C=O) groups excluding carboxylic acids is 1. The van der Waals surface area contributed by atoms with Crippen LogP contribution in [0.2, 0.25) is 0 Å². The Bertz CT molecular complexity index is 254. The molecule has 0 spiro atoms. The molecule has 14 heavy (non-hydrogen) atoms. The highest BCUT2D eigenvalue weighted by molar-refractivity contribution is 5.76. The van der Waals surface area contributed by atoms with Crippen LogP contribution in [0.5, 0.6) is 0 Å². The normalized spacial score (nSPS) is 36.1. The van der Waals surface area contributed by atoms with Crippen LogP contribution in [0.1, 0.15) is 6.42 Å². The summed E-state index contributed by atoms with van der Waals surface area (Å²) in [6.45, 7) is 0.427. The number of ether oxygens (including phenoxy) is 2. The average Bonchev–Trinajstić information content (AvgIpc) is 2.01. The third kappa shape index (κ3) is 1.57. The van der Waals surface area contributed by atoms with Gasteiger partial charge in [-0.05, 0) is 0 Å². The van der Waals surface area contributed by atoms with E-state index in [0.717, 1.165) is 0 Å². The van der Waals surface area contributed by atoms with Gasteiger partial charge in [-0.2, -0.15) is 13.2 Å². The second-order valence-corrected chi connectivity index (χ2v) is 3.44. The molecule has 2 atom stereocenters. The summed E-state index contributed by atoms with van der Waals surface area (Å²) < 4.78 is 44.8. The van der Waals surface area contributed by atoms with Crippen molar-refractivity contribution in [2.24, 2.45) is 0 Å². The van der Waals surface area contributed by atoms with Gasteiger partial charge < -0.3 is 9.47 Å². The number of alkyl halides is 3. The number of morpholine rings is 1. The Morgan fingerprint density at radius 2 is 2.21 bits per heavy atom. The molecule has 3 aliphatic heterocycles. The van der Waals surface area contributed by atoms with Crippen molar-refractivity contribution in [2.75, 3.05) is 13.2 Å². The van der Waals surface area contributed by atoms with Crippen molar-refractivity contribution in [3.63, 3.8) is 0 Å². The van der Waals surface area contributed by atoms with Crippen LogP contribution in [-0.4, -0.2) is 37.1 Å². The molecule has 0 aromatic carbocycles. The third-order valence-corrected chi connectivity index (χ3v) is 2.22. The Morgan fingerprint density at radius 1 is 1.57 bits per heavy atom. The van der Waals surface area contributed by atoms with E-state index in [1.807, 2.05) is 0 Å². The largest absolute Gasteiger partial charge is 0.490 e. The van der Waals surface area contributed by atoms with E-state index in [1.165, 1.54) is 0 Å². The van der Waals surface area contributed by atoms with E-state index in [4.69, 9.17) is 4.74 Å². The van der Waals surface area contributed by atoms with Gasteiger partial charge >= 0.3 is 12.1 Å². The van der Waals surface area contributed by atoms with E-state index in [2.05, 4.69) is 10.1 Å². The summed E-state index contributed by atoms with van der Waals surface area (Å²) in [5.74, 6) is -2.17. The molecule has 0 radical (unpaired) electrons. The predicted molar refractivity (Wildman–Crippen MR) is 37.2 cm³/mol. The van der Waals surface area contributed by atoms with E-state index >= 15 is 0 Å². The van der Waals surface area contributed by atoms with Crippen molar-refractivity contribution in [1.29, 1.82) is 0 Å². The molecule has 0 amide bonds. The first-order chi connectivity index (χ1) is 6.41. The van der Waals surface area contributed by atoms with Gasteiger partial charge in [0.15, 0.2) is 5.72 Å². The molecule has 3 saturated heterocycles. The van der Waals surface area contributed by atoms with Crippen molar-refractivity contribution >= 4 is 5.97 Å². The highest BCUT2D eigenvalue weighted by Crippen LogP contribution is 2.33. The van der Waals surface area contributed by atoms with Gasteiger partial charge in [0.05, 0.1) is 6.61 Å². The Balaban J connectivity index is 1.95. The van der Waals surface area contributed by atoms with Crippen molar-refractivity contribution in [2.45, 2.75) is 24.4 Å². The number of fused-ring (bicyclic) bond motifs is 2. The molecule has 3 aliphatic rings. The van der Waals surface area contributed by atoms with Gasteiger partial charge in [-0.1, -0.05) is 0 Å². The lowest BCUT2D eigenvalue weighted by molar-refractivity contribution is -0.252. The fourth-order valence-electron chi connectivity index (χ4n) is 1.65. The summed E-state index contributed by atoms with van der Waals surface area (Å²) in [5.41, 5.74) is -1.24. The quantitative estimate of drug-likeness (QED) is 0.628. The highest BCUT2D eigenvalue weighted by Gasteiger charge is 2.54. The molecule has 0 aromatic heterocycles. The first kappa shape index (κ1) is 9.72. The number of carbonyl (C=O) groups is 1. The van der Waals surface area contributed by atoms with Crippen LogP contribution >= 0.6 is 0 Å². The summed E-state index contributed by atoms with van der Waals surface area (Å²) >= 11 is 0. The van der Waals surface area contributed by atoms with E-state index in [1.54, 1.807) is 0 Å². The number of hydrogen-bond donors (Lipinski definition) is 1. The Kier molecular flexibility index (Phi) is 1.97. The van der Waals surface area contributed by atoms with Crippen molar-refractivity contribution < 1.29 is 27.4 Å².